The molecule has 0 spiro atoms. The van der Waals surface area contributed by atoms with Crippen molar-refractivity contribution < 1.29 is 29.0 Å². The van der Waals surface area contributed by atoms with Crippen LogP contribution in [0.25, 0.3) is 11.1 Å². The van der Waals surface area contributed by atoms with Gasteiger partial charge in [-0.3, -0.25) is 0 Å². The van der Waals surface area contributed by atoms with E-state index in [4.69, 9.17) is 9.47 Å². The number of alkyl carbamates (subject to hydrolysis) is 1. The van der Waals surface area contributed by atoms with Crippen molar-refractivity contribution in [3.8, 4) is 11.1 Å². The number of hydrogen-bond acceptors (Lipinski definition) is 6. The van der Waals surface area contributed by atoms with E-state index in [9.17, 15) is 19.5 Å². The van der Waals surface area contributed by atoms with Gasteiger partial charge in [0.05, 0.1) is 12.3 Å². The van der Waals surface area contributed by atoms with E-state index < -0.39 is 24.2 Å². The summed E-state index contributed by atoms with van der Waals surface area (Å²) in [5.74, 6) is -1.37. The highest BCUT2D eigenvalue weighted by atomic mass is 16.6. The Morgan fingerprint density at radius 3 is 2.34 bits per heavy atom. The highest BCUT2D eigenvalue weighted by Crippen LogP contribution is 2.44. The maximum Gasteiger partial charge on any atom is 0.419 e. The molecule has 1 atom stereocenters. The Morgan fingerprint density at radius 1 is 1.06 bits per heavy atom. The molecule has 9 heteroatoms. The quantitative estimate of drug-likeness (QED) is 0.443. The SMILES string of the molecule is CCCCOC(=O)n1cnc(C[C@H](NC(=O)OCC2c3ccccc3-c3ccccc32)C(=O)O)c1. The number of carboxylic acids is 1. The van der Waals surface area contributed by atoms with E-state index in [1.54, 1.807) is 0 Å². The van der Waals surface area contributed by atoms with Crippen LogP contribution in [-0.2, 0) is 20.7 Å². The fraction of sp³-hybridized carbons (Fsp3) is 0.308. The zero-order valence-electron chi connectivity index (χ0n) is 19.3. The molecule has 1 heterocycles. The molecule has 182 valence electrons. The summed E-state index contributed by atoms with van der Waals surface area (Å²) in [6, 6.07) is 14.6. The Kier molecular flexibility index (Phi) is 7.45. The van der Waals surface area contributed by atoms with Crippen LogP contribution in [0.15, 0.2) is 61.1 Å². The van der Waals surface area contributed by atoms with E-state index in [0.717, 1.165) is 39.7 Å². The number of carbonyl (C=O) groups excluding carboxylic acids is 2. The zero-order chi connectivity index (χ0) is 24.8. The maximum atomic E-state index is 12.5. The third-order valence-electron chi connectivity index (χ3n) is 5.92. The highest BCUT2D eigenvalue weighted by molar-refractivity contribution is 5.81. The number of carboxylic acid groups (broad SMARTS) is 1. The van der Waals surface area contributed by atoms with Crippen LogP contribution >= 0.6 is 0 Å². The molecule has 4 rings (SSSR count). The predicted octanol–water partition coefficient (Wildman–Crippen LogP) is 4.20. The van der Waals surface area contributed by atoms with E-state index in [1.165, 1.54) is 12.5 Å². The molecular weight excluding hydrogens is 450 g/mol. The van der Waals surface area contributed by atoms with Crippen molar-refractivity contribution in [2.75, 3.05) is 13.2 Å². The number of ether oxygens (including phenoxy) is 2. The first-order chi connectivity index (χ1) is 17.0. The fourth-order valence-electron chi connectivity index (χ4n) is 4.14. The number of carbonyl (C=O) groups is 3. The van der Waals surface area contributed by atoms with Crippen LogP contribution in [0.1, 0.15) is 42.5 Å². The molecule has 1 aliphatic rings. The largest absolute Gasteiger partial charge is 0.480 e. The van der Waals surface area contributed by atoms with Crippen molar-refractivity contribution in [3.05, 3.63) is 77.9 Å². The molecule has 9 nitrogen and oxygen atoms in total. The molecule has 0 saturated carbocycles. The van der Waals surface area contributed by atoms with Crippen molar-refractivity contribution in [3.63, 3.8) is 0 Å². The van der Waals surface area contributed by atoms with Gasteiger partial charge in [0.15, 0.2) is 0 Å². The number of amides is 1. The summed E-state index contributed by atoms with van der Waals surface area (Å²) in [5, 5.41) is 12.0. The van der Waals surface area contributed by atoms with Gasteiger partial charge in [-0.15, -0.1) is 0 Å². The third-order valence-corrected chi connectivity index (χ3v) is 5.92. The summed E-state index contributed by atoms with van der Waals surface area (Å²) in [5.41, 5.74) is 4.65. The number of unbranched alkanes of at least 4 members (excludes halogenated alkanes) is 1. The van der Waals surface area contributed by atoms with Crippen LogP contribution in [0.5, 0.6) is 0 Å². The lowest BCUT2D eigenvalue weighted by Crippen LogP contribution is -2.43. The second-order valence-corrected chi connectivity index (χ2v) is 8.31. The van der Waals surface area contributed by atoms with E-state index in [0.29, 0.717) is 12.3 Å². The second kappa shape index (κ2) is 10.9. The van der Waals surface area contributed by atoms with Gasteiger partial charge in [-0.05, 0) is 28.7 Å². The van der Waals surface area contributed by atoms with Gasteiger partial charge < -0.3 is 19.9 Å². The molecule has 2 N–H and O–H groups in total. The molecule has 1 aliphatic carbocycles. The monoisotopic (exact) mass is 477 g/mol. The first-order valence-electron chi connectivity index (χ1n) is 11.5. The van der Waals surface area contributed by atoms with Gasteiger partial charge >= 0.3 is 18.2 Å². The normalized spacial score (nSPS) is 12.9. The molecule has 3 aromatic rings. The fourth-order valence-corrected chi connectivity index (χ4v) is 4.14. The molecule has 0 bridgehead atoms. The van der Waals surface area contributed by atoms with Gasteiger partial charge in [0.2, 0.25) is 0 Å². The van der Waals surface area contributed by atoms with E-state index >= 15 is 0 Å². The lowest BCUT2D eigenvalue weighted by molar-refractivity contribution is -0.139. The molecule has 2 aromatic carbocycles. The minimum absolute atomic E-state index is 0.0738. The van der Waals surface area contributed by atoms with E-state index in [-0.39, 0.29) is 18.9 Å². The van der Waals surface area contributed by atoms with Gasteiger partial charge in [-0.1, -0.05) is 61.9 Å². The lowest BCUT2D eigenvalue weighted by Gasteiger charge is -2.17. The second-order valence-electron chi connectivity index (χ2n) is 8.31. The Hall–Kier alpha value is -4.14. The predicted molar refractivity (Wildman–Crippen MR) is 127 cm³/mol. The smallest absolute Gasteiger partial charge is 0.419 e. The van der Waals surface area contributed by atoms with Crippen molar-refractivity contribution in [2.24, 2.45) is 0 Å². The summed E-state index contributed by atoms with van der Waals surface area (Å²) in [7, 11) is 0. The number of aliphatic carboxylic acids is 1. The van der Waals surface area contributed by atoms with E-state index in [2.05, 4.69) is 10.3 Å². The summed E-state index contributed by atoms with van der Waals surface area (Å²) in [4.78, 5) is 40.3. The molecule has 35 heavy (non-hydrogen) atoms. The molecule has 1 amide bonds. The molecule has 0 saturated heterocycles. The Bertz CT molecular complexity index is 1180. The number of nitrogens with zero attached hydrogens (tertiary/aromatic N) is 2. The number of rotatable bonds is 9. The molecule has 0 aliphatic heterocycles. The van der Waals surface area contributed by atoms with Gasteiger partial charge in [0.25, 0.3) is 0 Å². The van der Waals surface area contributed by atoms with Gasteiger partial charge in [0, 0.05) is 18.5 Å². The first-order valence-corrected chi connectivity index (χ1v) is 11.5. The minimum Gasteiger partial charge on any atom is -0.480 e. The summed E-state index contributed by atoms with van der Waals surface area (Å²) >= 11 is 0. The Morgan fingerprint density at radius 2 is 1.71 bits per heavy atom. The summed E-state index contributed by atoms with van der Waals surface area (Å²) in [6.07, 6.45) is 2.75. The number of fused-ring (bicyclic) bond motifs is 3. The highest BCUT2D eigenvalue weighted by Gasteiger charge is 2.30. The summed E-state index contributed by atoms with van der Waals surface area (Å²) < 4.78 is 11.7. The van der Waals surface area contributed by atoms with Gasteiger partial charge in [0.1, 0.15) is 19.0 Å². The number of aromatic nitrogens is 2. The van der Waals surface area contributed by atoms with Crippen molar-refractivity contribution >= 4 is 18.2 Å². The zero-order valence-corrected chi connectivity index (χ0v) is 19.3. The van der Waals surface area contributed by atoms with Crippen LogP contribution in [0, 0.1) is 0 Å². The average molecular weight is 478 g/mol. The van der Waals surface area contributed by atoms with Crippen molar-refractivity contribution in [2.45, 2.75) is 38.1 Å². The summed E-state index contributed by atoms with van der Waals surface area (Å²) in [6.45, 7) is 2.35. The average Bonchev–Trinajstić information content (AvgIpc) is 3.45. The van der Waals surface area contributed by atoms with Gasteiger partial charge in [-0.25, -0.2) is 23.9 Å². The van der Waals surface area contributed by atoms with Crippen LogP contribution in [0.2, 0.25) is 0 Å². The third kappa shape index (κ3) is 5.51. The number of hydrogen-bond donors (Lipinski definition) is 2. The topological polar surface area (TPSA) is 120 Å². The maximum absolute atomic E-state index is 12.5. The number of benzene rings is 2. The number of nitrogens with one attached hydrogen (secondary N) is 1. The molecule has 0 radical (unpaired) electrons. The molecule has 0 fully saturated rings. The Balaban J connectivity index is 1.36. The Labute approximate surface area is 202 Å². The molecule has 0 unspecified atom stereocenters. The number of imidazole rings is 1. The lowest BCUT2D eigenvalue weighted by atomic mass is 9.98. The first kappa shape index (κ1) is 24.0. The minimum atomic E-state index is -1.27. The van der Waals surface area contributed by atoms with Crippen molar-refractivity contribution in [1.29, 1.82) is 0 Å². The standard InChI is InChI=1S/C26H27N3O6/c1-2-3-12-34-26(33)29-14-17(27-16-29)13-23(24(30)31)28-25(32)35-15-22-20-10-6-4-8-18(20)19-9-5-7-11-21(19)22/h4-11,14,16,22-23H,2-3,12-13,15H2,1H3,(H,28,32)(H,30,31)/t23-/m0/s1. The molecular formula is C26H27N3O6. The molecule has 1 aromatic heterocycles. The van der Waals surface area contributed by atoms with Crippen LogP contribution in [0.3, 0.4) is 0 Å². The van der Waals surface area contributed by atoms with Crippen molar-refractivity contribution in [1.82, 2.24) is 14.9 Å². The van der Waals surface area contributed by atoms with Crippen LogP contribution < -0.4 is 5.32 Å². The van der Waals surface area contributed by atoms with Gasteiger partial charge in [-0.2, -0.15) is 0 Å². The van der Waals surface area contributed by atoms with Crippen LogP contribution in [-0.4, -0.2) is 52.1 Å². The van der Waals surface area contributed by atoms with Crippen LogP contribution in [0.4, 0.5) is 9.59 Å². The van der Waals surface area contributed by atoms with E-state index in [1.807, 2.05) is 55.5 Å².